The third-order valence-corrected chi connectivity index (χ3v) is 6.70. The van der Waals surface area contributed by atoms with E-state index in [0.717, 1.165) is 36.8 Å². The van der Waals surface area contributed by atoms with Crippen LogP contribution in [-0.4, -0.2) is 0 Å². The molecular weight excluding hydrogens is 574 g/mol. The fourth-order valence-electron chi connectivity index (χ4n) is 4.36. The van der Waals surface area contributed by atoms with Gasteiger partial charge in [-0.25, -0.2) is 29.4 Å². The van der Waals surface area contributed by atoms with Gasteiger partial charge in [0, 0.05) is 65.4 Å². The third kappa shape index (κ3) is 9.14. The maximum absolute atomic E-state index is 3.65. The molecule has 35 heavy (non-hydrogen) atoms. The van der Waals surface area contributed by atoms with Gasteiger partial charge in [-0.1, -0.05) is 54.4 Å². The first-order valence-corrected chi connectivity index (χ1v) is 12.4. The molecule has 1 aromatic rings. The maximum atomic E-state index is 3.65. The second-order valence-electron chi connectivity index (χ2n) is 10.0. The van der Waals surface area contributed by atoms with Crippen LogP contribution in [0.1, 0.15) is 71.4 Å². The molecule has 3 aliphatic rings. The van der Waals surface area contributed by atoms with Crippen LogP contribution in [0.25, 0.3) is 5.57 Å². The van der Waals surface area contributed by atoms with Gasteiger partial charge < -0.3 is 11.1 Å². The van der Waals surface area contributed by atoms with Crippen molar-refractivity contribution in [1.29, 1.82) is 0 Å². The van der Waals surface area contributed by atoms with Crippen LogP contribution in [0.3, 0.4) is 0 Å². The van der Waals surface area contributed by atoms with E-state index < -0.39 is 0 Å². The van der Waals surface area contributed by atoms with Crippen LogP contribution in [-0.2, 0) is 65.4 Å². The van der Waals surface area contributed by atoms with Gasteiger partial charge in [0.1, 0.15) is 0 Å². The zero-order chi connectivity index (χ0) is 23.9. The molecule has 0 amide bonds. The van der Waals surface area contributed by atoms with Gasteiger partial charge in [-0.2, -0.15) is 54.6 Å². The number of benzene rings is 1. The fraction of sp³-hybridized carbons (Fsp3) is 0.394. The Labute approximate surface area is 265 Å². The van der Waals surface area contributed by atoms with E-state index in [-0.39, 0.29) is 76.2 Å². The van der Waals surface area contributed by atoms with Crippen LogP contribution >= 0.6 is 0 Å². The summed E-state index contributed by atoms with van der Waals surface area (Å²) in [7, 11) is 0. The van der Waals surface area contributed by atoms with Crippen LogP contribution in [0.4, 0.5) is 0 Å². The SMILES string of the molecule is CC.Cc1c[c-]c(C2=[C-]C=CC(C)(C3CC=[C-]C(C4=[C-]CC(C)(C)CC=C4)=CC3)C=C2)cc1.[Y].[Y]. The van der Waals surface area contributed by atoms with Crippen LogP contribution in [0, 0.1) is 48.0 Å². The number of allylic oxidation sites excluding steroid dienone is 14. The Morgan fingerprint density at radius 2 is 1.71 bits per heavy atom. The van der Waals surface area contributed by atoms with Crippen molar-refractivity contribution in [3.8, 4) is 0 Å². The number of aryl methyl sites for hydroxylation is 1. The zero-order valence-electron chi connectivity index (χ0n) is 22.4. The molecule has 1 aromatic carbocycles. The Bertz CT molecular complexity index is 1030. The Morgan fingerprint density at radius 3 is 2.43 bits per heavy atom. The Hall–Kier alpha value is -0.392. The minimum Gasteiger partial charge on any atom is -0.302 e. The minimum atomic E-state index is -0.0248. The molecule has 0 spiro atoms. The quantitative estimate of drug-likeness (QED) is 0.299. The topological polar surface area (TPSA) is 0 Å². The van der Waals surface area contributed by atoms with E-state index >= 15 is 0 Å². The van der Waals surface area contributed by atoms with Crippen LogP contribution in [0.5, 0.6) is 0 Å². The van der Waals surface area contributed by atoms with Crippen molar-refractivity contribution in [2.45, 2.75) is 67.2 Å². The largest absolute Gasteiger partial charge is 0.302 e. The molecule has 0 fully saturated rings. The maximum Gasteiger partial charge on any atom is 0 e. The van der Waals surface area contributed by atoms with E-state index in [4.69, 9.17) is 0 Å². The van der Waals surface area contributed by atoms with Crippen molar-refractivity contribution in [1.82, 2.24) is 0 Å². The summed E-state index contributed by atoms with van der Waals surface area (Å²) in [5, 5.41) is 0. The molecule has 0 heterocycles. The van der Waals surface area contributed by atoms with E-state index in [9.17, 15) is 0 Å². The molecule has 180 valence electrons. The van der Waals surface area contributed by atoms with Crippen LogP contribution < -0.4 is 0 Å². The zero-order valence-corrected chi connectivity index (χ0v) is 28.1. The third-order valence-electron chi connectivity index (χ3n) is 6.70. The van der Waals surface area contributed by atoms with E-state index in [0.29, 0.717) is 5.92 Å². The molecule has 0 N–H and O–H groups in total. The average molecular weight is 612 g/mol. The van der Waals surface area contributed by atoms with Crippen molar-refractivity contribution >= 4 is 5.57 Å². The molecule has 0 bridgehead atoms. The molecule has 0 aliphatic heterocycles. The van der Waals surface area contributed by atoms with Crippen LogP contribution in [0.15, 0.2) is 78.0 Å². The molecule has 4 rings (SSSR count). The van der Waals surface area contributed by atoms with Gasteiger partial charge in [0.05, 0.1) is 0 Å². The first-order valence-electron chi connectivity index (χ1n) is 12.4. The molecular formula is C33H38Y2-4. The molecule has 3 aliphatic carbocycles. The molecule has 2 radical (unpaired) electrons. The smallest absolute Gasteiger partial charge is 0 e. The van der Waals surface area contributed by atoms with E-state index in [1.54, 1.807) is 0 Å². The first kappa shape index (κ1) is 32.6. The summed E-state index contributed by atoms with van der Waals surface area (Å²) < 4.78 is 0. The summed E-state index contributed by atoms with van der Waals surface area (Å²) in [5.41, 5.74) is 6.08. The van der Waals surface area contributed by atoms with Gasteiger partial charge in [-0.15, -0.1) is 17.7 Å². The van der Waals surface area contributed by atoms with Crippen LogP contribution in [0.2, 0.25) is 0 Å². The van der Waals surface area contributed by atoms with Crippen molar-refractivity contribution < 1.29 is 65.4 Å². The van der Waals surface area contributed by atoms with E-state index in [1.807, 2.05) is 19.9 Å². The molecule has 0 saturated heterocycles. The van der Waals surface area contributed by atoms with Crippen molar-refractivity contribution in [2.75, 3.05) is 0 Å². The number of hydrogen-bond donors (Lipinski definition) is 0. The van der Waals surface area contributed by atoms with Gasteiger partial charge in [0.15, 0.2) is 0 Å². The molecule has 0 saturated carbocycles. The fourth-order valence-corrected chi connectivity index (χ4v) is 4.36. The van der Waals surface area contributed by atoms with E-state index in [2.05, 4.69) is 113 Å². The van der Waals surface area contributed by atoms with Gasteiger partial charge in [-0.05, 0) is 29.6 Å². The summed E-state index contributed by atoms with van der Waals surface area (Å²) >= 11 is 0. The Kier molecular flexibility index (Phi) is 14.1. The molecule has 0 aromatic heterocycles. The minimum absolute atomic E-state index is 0. The van der Waals surface area contributed by atoms with E-state index in [1.165, 1.54) is 16.7 Å². The molecule has 2 heteroatoms. The first-order chi connectivity index (χ1) is 15.8. The molecule has 2 atom stereocenters. The van der Waals surface area contributed by atoms with Crippen molar-refractivity contribution in [3.63, 3.8) is 0 Å². The Balaban J connectivity index is 0.00000149. The summed E-state index contributed by atoms with van der Waals surface area (Å²) in [5.74, 6) is 0.486. The van der Waals surface area contributed by atoms with Gasteiger partial charge in [-0.3, -0.25) is 6.08 Å². The second-order valence-corrected chi connectivity index (χ2v) is 10.0. The summed E-state index contributed by atoms with van der Waals surface area (Å²) in [4.78, 5) is 0. The number of hydrogen-bond acceptors (Lipinski definition) is 0. The monoisotopic (exact) mass is 612 g/mol. The van der Waals surface area contributed by atoms with Crippen molar-refractivity contribution in [3.05, 3.63) is 113 Å². The Morgan fingerprint density at radius 1 is 0.943 bits per heavy atom. The summed E-state index contributed by atoms with van der Waals surface area (Å²) in [6.07, 6.45) is 32.9. The van der Waals surface area contributed by atoms with Crippen molar-refractivity contribution in [2.24, 2.45) is 16.7 Å². The molecule has 2 unspecified atom stereocenters. The standard InChI is InChI=1S/C31H32.C2H6.2Y/c1-24-12-14-28(15-13-24)27-10-7-21-31(4,23-19-27)29-11-5-8-25(16-17-29)26-9-6-20-30(2,3)22-18-26;1-2;;/h5-7,9,12-14,16,19,21,23,29H,11,17,20,22H2,1-4H3;1-2H3;;/q-4;;;. The van der Waals surface area contributed by atoms with Gasteiger partial charge in [0.25, 0.3) is 0 Å². The average Bonchev–Trinajstić information content (AvgIpc) is 3.25. The summed E-state index contributed by atoms with van der Waals surface area (Å²) in [6.45, 7) is 13.0. The van der Waals surface area contributed by atoms with Gasteiger partial charge >= 0.3 is 0 Å². The normalized spacial score (nSPS) is 24.6. The molecule has 0 nitrogen and oxygen atoms in total. The second kappa shape index (κ2) is 15.1. The predicted molar refractivity (Wildman–Crippen MR) is 142 cm³/mol. The van der Waals surface area contributed by atoms with Gasteiger partial charge in [0.2, 0.25) is 0 Å². The summed E-state index contributed by atoms with van der Waals surface area (Å²) in [6, 6.07) is 9.68. The number of rotatable bonds is 3. The predicted octanol–water partition coefficient (Wildman–Crippen LogP) is 8.94.